The Morgan fingerprint density at radius 1 is 1.29 bits per heavy atom. The van der Waals surface area contributed by atoms with Crippen LogP contribution in [0.1, 0.15) is 41.9 Å². The number of carbonyl (C=O) groups excluding carboxylic acids is 1. The Kier molecular flexibility index (Phi) is 6.16. The van der Waals surface area contributed by atoms with E-state index in [9.17, 15) is 14.4 Å². The first-order valence-electron chi connectivity index (χ1n) is 7.67. The van der Waals surface area contributed by atoms with Crippen LogP contribution in [0.3, 0.4) is 0 Å². The van der Waals surface area contributed by atoms with E-state index in [-0.39, 0.29) is 23.7 Å². The molecular formula is C15H20N2O6S. The zero-order valence-corrected chi connectivity index (χ0v) is 14.7. The van der Waals surface area contributed by atoms with Gasteiger partial charge in [0.15, 0.2) is 0 Å². The van der Waals surface area contributed by atoms with Crippen molar-refractivity contribution in [2.45, 2.75) is 33.6 Å². The third kappa shape index (κ3) is 3.68. The number of rotatable bonds is 8. The van der Waals surface area contributed by atoms with E-state index in [0.29, 0.717) is 21.7 Å². The monoisotopic (exact) mass is 356 g/mol. The number of ether oxygens (including phenoxy) is 2. The molecular weight excluding hydrogens is 336 g/mol. The standard InChI is InChI=1S/C15H20N2O6S/c1-4-6-7-21-8-23-17-13(18)10-9(3)11(14(19)22-5-2)24-12(10)16-15(17)20/h4-8H2,1-3H3,(H,16,20). The van der Waals surface area contributed by atoms with Crippen LogP contribution in [-0.2, 0) is 9.47 Å². The van der Waals surface area contributed by atoms with Gasteiger partial charge in [0, 0.05) is 0 Å². The van der Waals surface area contributed by atoms with Crippen LogP contribution < -0.4 is 16.1 Å². The smallest absolute Gasteiger partial charge is 0.363 e. The number of hydrogen-bond acceptors (Lipinski definition) is 7. The Labute approximate surface area is 141 Å². The number of esters is 1. The van der Waals surface area contributed by atoms with Crippen LogP contribution in [0.2, 0.25) is 0 Å². The third-order valence-corrected chi connectivity index (χ3v) is 4.51. The number of hydrogen-bond donors (Lipinski definition) is 1. The van der Waals surface area contributed by atoms with Crippen molar-refractivity contribution in [1.82, 2.24) is 9.71 Å². The number of aromatic nitrogens is 2. The first-order chi connectivity index (χ1) is 11.5. The van der Waals surface area contributed by atoms with Crippen LogP contribution in [0.25, 0.3) is 10.2 Å². The second kappa shape index (κ2) is 8.11. The van der Waals surface area contributed by atoms with Crippen molar-refractivity contribution >= 4 is 27.5 Å². The topological polar surface area (TPSA) is 99.6 Å². The van der Waals surface area contributed by atoms with E-state index < -0.39 is 17.2 Å². The van der Waals surface area contributed by atoms with Crippen molar-refractivity contribution in [2.24, 2.45) is 0 Å². The summed E-state index contributed by atoms with van der Waals surface area (Å²) in [6.07, 6.45) is 1.83. The zero-order valence-electron chi connectivity index (χ0n) is 13.8. The van der Waals surface area contributed by atoms with Gasteiger partial charge in [0.25, 0.3) is 5.56 Å². The molecule has 0 aromatic carbocycles. The van der Waals surface area contributed by atoms with Crippen LogP contribution >= 0.6 is 11.3 Å². The highest BCUT2D eigenvalue weighted by molar-refractivity contribution is 7.20. The molecule has 132 valence electrons. The molecule has 2 aromatic rings. The highest BCUT2D eigenvalue weighted by atomic mass is 32.1. The van der Waals surface area contributed by atoms with Crippen molar-refractivity contribution in [3.05, 3.63) is 31.3 Å². The van der Waals surface area contributed by atoms with Gasteiger partial charge in [-0.1, -0.05) is 18.1 Å². The summed E-state index contributed by atoms with van der Waals surface area (Å²) >= 11 is 1.01. The van der Waals surface area contributed by atoms with Gasteiger partial charge in [-0.3, -0.25) is 9.78 Å². The molecule has 0 aliphatic carbocycles. The first-order valence-corrected chi connectivity index (χ1v) is 8.49. The number of thiophene rings is 1. The van der Waals surface area contributed by atoms with E-state index in [1.165, 1.54) is 0 Å². The second-order valence-electron chi connectivity index (χ2n) is 5.02. The molecule has 0 spiro atoms. The molecule has 0 unspecified atom stereocenters. The fourth-order valence-corrected chi connectivity index (χ4v) is 3.19. The molecule has 0 radical (unpaired) electrons. The predicted octanol–water partition coefficient (Wildman–Crippen LogP) is 1.44. The summed E-state index contributed by atoms with van der Waals surface area (Å²) in [5.41, 5.74) is -0.889. The van der Waals surface area contributed by atoms with Crippen molar-refractivity contribution < 1.29 is 19.1 Å². The normalized spacial score (nSPS) is 11.0. The minimum Gasteiger partial charge on any atom is -0.462 e. The van der Waals surface area contributed by atoms with Crippen molar-refractivity contribution in [1.29, 1.82) is 0 Å². The summed E-state index contributed by atoms with van der Waals surface area (Å²) in [5.74, 6) is -0.521. The second-order valence-corrected chi connectivity index (χ2v) is 6.04. The van der Waals surface area contributed by atoms with Gasteiger partial charge in [0.2, 0.25) is 6.79 Å². The third-order valence-electron chi connectivity index (χ3n) is 3.32. The highest BCUT2D eigenvalue weighted by Crippen LogP contribution is 2.26. The van der Waals surface area contributed by atoms with E-state index in [0.717, 1.165) is 24.2 Å². The maximum atomic E-state index is 12.5. The fourth-order valence-electron chi connectivity index (χ4n) is 2.10. The van der Waals surface area contributed by atoms with E-state index >= 15 is 0 Å². The number of aryl methyl sites for hydroxylation is 1. The van der Waals surface area contributed by atoms with Gasteiger partial charge in [-0.2, -0.15) is 0 Å². The minimum atomic E-state index is -0.719. The van der Waals surface area contributed by atoms with Crippen LogP contribution in [0.5, 0.6) is 0 Å². The summed E-state index contributed by atoms with van der Waals surface area (Å²) in [4.78, 5) is 44.7. The van der Waals surface area contributed by atoms with Crippen LogP contribution in [0.15, 0.2) is 9.59 Å². The lowest BCUT2D eigenvalue weighted by Gasteiger charge is -2.07. The number of nitrogens with zero attached hydrogens (tertiary/aromatic N) is 1. The van der Waals surface area contributed by atoms with Crippen LogP contribution in [0.4, 0.5) is 0 Å². The average Bonchev–Trinajstić information content (AvgIpc) is 2.87. The number of nitrogens with one attached hydrogen (secondary N) is 1. The van der Waals surface area contributed by atoms with Gasteiger partial charge in [-0.05, 0) is 25.8 Å². The Balaban J connectivity index is 2.34. The highest BCUT2D eigenvalue weighted by Gasteiger charge is 2.21. The van der Waals surface area contributed by atoms with Gasteiger partial charge in [-0.25, -0.2) is 9.59 Å². The lowest BCUT2D eigenvalue weighted by atomic mass is 10.2. The maximum absolute atomic E-state index is 12.5. The first kappa shape index (κ1) is 18.2. The van der Waals surface area contributed by atoms with Gasteiger partial charge in [-0.15, -0.1) is 11.3 Å². The summed E-state index contributed by atoms with van der Waals surface area (Å²) in [6.45, 7) is 5.85. The average molecular weight is 356 g/mol. The molecule has 1 N–H and O–H groups in total. The summed E-state index contributed by atoms with van der Waals surface area (Å²) in [5, 5.41) is 0.233. The summed E-state index contributed by atoms with van der Waals surface area (Å²) < 4.78 is 10.8. The zero-order chi connectivity index (χ0) is 17.7. The Morgan fingerprint density at radius 2 is 2.04 bits per heavy atom. The molecule has 0 fully saturated rings. The summed E-state index contributed by atoms with van der Waals surface area (Å²) in [6, 6.07) is 0. The van der Waals surface area contributed by atoms with Crippen molar-refractivity contribution in [2.75, 3.05) is 20.0 Å². The van der Waals surface area contributed by atoms with Crippen LogP contribution in [0, 0.1) is 6.92 Å². The predicted molar refractivity (Wildman–Crippen MR) is 89.7 cm³/mol. The molecule has 0 saturated heterocycles. The lowest BCUT2D eigenvalue weighted by Crippen LogP contribution is -2.40. The molecule has 24 heavy (non-hydrogen) atoms. The Hall–Kier alpha value is -2.13. The molecule has 2 heterocycles. The molecule has 2 rings (SSSR count). The molecule has 2 aromatic heterocycles. The molecule has 0 aliphatic heterocycles. The van der Waals surface area contributed by atoms with E-state index in [2.05, 4.69) is 4.98 Å². The number of carbonyl (C=O) groups is 1. The van der Waals surface area contributed by atoms with Gasteiger partial charge < -0.3 is 14.3 Å². The molecule has 8 nitrogen and oxygen atoms in total. The molecule has 0 aliphatic rings. The van der Waals surface area contributed by atoms with Gasteiger partial charge >= 0.3 is 11.7 Å². The van der Waals surface area contributed by atoms with Gasteiger partial charge in [0.05, 0.1) is 18.6 Å². The van der Waals surface area contributed by atoms with E-state index in [1.54, 1.807) is 13.8 Å². The molecule has 0 bridgehead atoms. The van der Waals surface area contributed by atoms with Gasteiger partial charge in [0.1, 0.15) is 9.71 Å². The quantitative estimate of drug-likeness (QED) is 0.436. The van der Waals surface area contributed by atoms with E-state index in [4.69, 9.17) is 14.3 Å². The Morgan fingerprint density at radius 3 is 2.71 bits per heavy atom. The van der Waals surface area contributed by atoms with E-state index in [1.807, 2.05) is 6.92 Å². The molecule has 0 atom stereocenters. The number of unbranched alkanes of at least 4 members (excludes halogenated alkanes) is 1. The molecule has 9 heteroatoms. The molecule has 0 saturated carbocycles. The fraction of sp³-hybridized carbons (Fsp3) is 0.533. The minimum absolute atomic E-state index is 0.206. The number of H-pyrrole nitrogens is 1. The van der Waals surface area contributed by atoms with Crippen molar-refractivity contribution in [3.8, 4) is 0 Å². The number of aromatic amines is 1. The van der Waals surface area contributed by atoms with Crippen molar-refractivity contribution in [3.63, 3.8) is 0 Å². The molecule has 0 amide bonds. The SMILES string of the molecule is CCCCOCOn1c(=O)[nH]c2sc(C(=O)OCC)c(C)c2c1=O. The largest absolute Gasteiger partial charge is 0.462 e. The van der Waals surface area contributed by atoms with Crippen LogP contribution in [-0.4, -0.2) is 35.7 Å². The Bertz CT molecular complexity index is 835. The summed E-state index contributed by atoms with van der Waals surface area (Å²) in [7, 11) is 0. The number of fused-ring (bicyclic) bond motifs is 1. The lowest BCUT2D eigenvalue weighted by molar-refractivity contribution is -0.0670. The maximum Gasteiger partial charge on any atom is 0.363 e.